The number of nitrogen functional groups attached to an aromatic ring is 1. The van der Waals surface area contributed by atoms with E-state index in [2.05, 4.69) is 74.3 Å². The Bertz CT molecular complexity index is 5270. The Labute approximate surface area is 844 Å². The van der Waals surface area contributed by atoms with Crippen molar-refractivity contribution in [2.24, 2.45) is 40.7 Å². The number of carbonyl (C=O) groups excluding carboxylic acids is 9. The van der Waals surface area contributed by atoms with E-state index >= 15 is 4.79 Å². The van der Waals surface area contributed by atoms with Gasteiger partial charge in [0, 0.05) is 67.1 Å². The zero-order valence-electron chi connectivity index (χ0n) is 78.2. The molecule has 2 aromatic carbocycles. The van der Waals surface area contributed by atoms with Crippen LogP contribution in [0.25, 0.3) is 23.0 Å². The number of phenolic OH excluding ortho intramolecular Hbond substituents is 1. The molecule has 13 rings (SSSR count). The molecular weight excluding hydrogens is 2180 g/mol. The van der Waals surface area contributed by atoms with Crippen LogP contribution in [0.5, 0.6) is 28.7 Å². The third-order valence-electron chi connectivity index (χ3n) is 24.0. The molecule has 143 heavy (non-hydrogen) atoms. The topological polar surface area (TPSA) is 855 Å². The number of nitrogens with one attached hydrogen (secondary N) is 7. The maximum absolute atomic E-state index is 15.2. The SMILES string of the molecule is COc1cc([C@@H]2c3cc4c(cc3C(O[C@@H]3O[C@@H]5CO[C@@H](C)O[C@H]5[C@H](O)[C@H]3O)[C@H]3COC(=O)[C@H]23)OCO4)cc(OC)c1O.Cc1c(N)nc([C@H](CC(N)=O)NC[C@H](N)C(N)=O)nc1C(=O)N[C@H](C(=O)N[C@H](C)[C@@H](O)[C@H](C)C(=O)N[C@H](C(=O)NCCc1nc(-c2nc(C(=O)NCCC[S+](C)C)cs2)cs1)[C@@H](C)O)C(O[C@@H]1O[C@@H](CO)[C@@H](O)[C@H](O)[C@@H]1O[C@H]1O[C@H](CO)[C@@H](O)[C@H](OC(N)=O)[C@H]1O)c1cnc[nH]1.[Cl][Pt+2][Cl].[NH2-].[NH2-]. The van der Waals surface area contributed by atoms with Crippen LogP contribution in [0.2, 0.25) is 0 Å². The van der Waals surface area contributed by atoms with Gasteiger partial charge in [-0.1, -0.05) is 6.92 Å². The van der Waals surface area contributed by atoms with Crippen molar-refractivity contribution in [3.05, 3.63) is 110 Å². The van der Waals surface area contributed by atoms with E-state index in [1.165, 1.54) is 64.6 Å². The molecule has 5 fully saturated rings. The molecular formula is C84H120Cl2N19O34PtS3+. The number of amides is 8. The number of ether oxygens (including phenoxy) is 14. The van der Waals surface area contributed by atoms with Crippen molar-refractivity contribution in [1.29, 1.82) is 0 Å². The summed E-state index contributed by atoms with van der Waals surface area (Å²) in [5.41, 5.74) is 30.1. The van der Waals surface area contributed by atoms with Gasteiger partial charge in [-0.2, -0.15) is 0 Å². The van der Waals surface area contributed by atoms with Gasteiger partial charge >= 0.3 is 47.4 Å². The number of methoxy groups -OCH3 is 2. The predicted octanol–water partition coefficient (Wildman–Crippen LogP) is -3.55. The van der Waals surface area contributed by atoms with Gasteiger partial charge in [0.2, 0.25) is 42.1 Å². The molecule has 0 saturated carbocycles. The van der Waals surface area contributed by atoms with Gasteiger partial charge in [0.1, 0.15) is 125 Å². The second kappa shape index (κ2) is 53.3. The van der Waals surface area contributed by atoms with E-state index in [-0.39, 0.29) is 114 Å². The van der Waals surface area contributed by atoms with Crippen molar-refractivity contribution < 1.29 is 182 Å². The number of aliphatic hydroxyl groups is 10. The summed E-state index contributed by atoms with van der Waals surface area (Å²) >= 11 is 2.05. The summed E-state index contributed by atoms with van der Waals surface area (Å²) in [7, 11) is 12.9. The molecule has 10 heterocycles. The number of aliphatic hydroxyl groups excluding tert-OH is 10. The number of cyclic esters (lactones) is 1. The van der Waals surface area contributed by atoms with Crippen molar-refractivity contribution in [1.82, 2.24) is 61.8 Å². The number of hydrogen-bond donors (Lipinski definition) is 23. The number of nitrogens with two attached hydrogens (primary N) is 7. The number of H-pyrrole nitrogens is 1. The van der Waals surface area contributed by atoms with Gasteiger partial charge in [-0.3, -0.25) is 38.4 Å². The quantitative estimate of drug-likeness (QED) is 0.0101. The van der Waals surface area contributed by atoms with Crippen molar-refractivity contribution in [2.45, 2.75) is 213 Å². The van der Waals surface area contributed by atoms with E-state index in [0.717, 1.165) is 24.7 Å². The molecule has 7 aliphatic rings. The first-order valence-electron chi connectivity index (χ1n) is 43.9. The van der Waals surface area contributed by atoms with Crippen LogP contribution in [-0.2, 0) is 110 Å². The average molecular weight is 2300 g/mol. The fourth-order valence-corrected chi connectivity index (χ4v) is 18.9. The number of anilines is 1. The van der Waals surface area contributed by atoms with E-state index in [4.69, 9.17) is 114 Å². The zero-order valence-corrected chi connectivity index (χ0v) is 84.5. The summed E-state index contributed by atoms with van der Waals surface area (Å²) in [6, 6.07) is -0.919. The number of imidazole rings is 1. The smallest absolute Gasteiger partial charge is 0.693 e. The Morgan fingerprint density at radius 3 is 2.01 bits per heavy atom. The Kier molecular flexibility index (Phi) is 43.6. The second-order valence-electron chi connectivity index (χ2n) is 33.9. The molecule has 53 nitrogen and oxygen atoms in total. The molecule has 0 bridgehead atoms. The molecule has 6 aliphatic heterocycles. The van der Waals surface area contributed by atoms with Crippen LogP contribution in [0.15, 0.2) is 47.5 Å². The van der Waals surface area contributed by atoms with Crippen LogP contribution in [0.1, 0.15) is 124 Å². The molecule has 2 unspecified atom stereocenters. The van der Waals surface area contributed by atoms with Crippen molar-refractivity contribution in [3.63, 3.8) is 0 Å². The molecule has 4 aromatic heterocycles. The molecule has 6 aromatic rings. The fourth-order valence-electron chi connectivity index (χ4n) is 16.5. The molecule has 29 atom stereocenters. The molecule has 0 spiro atoms. The van der Waals surface area contributed by atoms with E-state index in [1.54, 1.807) is 41.9 Å². The first-order valence-corrected chi connectivity index (χ1v) is 53.5. The van der Waals surface area contributed by atoms with Crippen LogP contribution < -0.4 is 79.5 Å². The average Bonchev–Trinajstić information content (AvgIpc) is 1.63. The molecule has 0 radical (unpaired) electrons. The van der Waals surface area contributed by atoms with Crippen LogP contribution in [0, 0.1) is 24.7 Å². The monoisotopic (exact) mass is 2300 g/mol. The third-order valence-corrected chi connectivity index (χ3v) is 26.9. The number of fused-ring (bicyclic) bond motifs is 4. The van der Waals surface area contributed by atoms with E-state index < -0.39 is 266 Å². The summed E-state index contributed by atoms with van der Waals surface area (Å²) in [4.78, 5) is 144. The van der Waals surface area contributed by atoms with E-state index in [9.17, 15) is 94.5 Å². The number of primary amides is 3. The first kappa shape index (κ1) is 117. The summed E-state index contributed by atoms with van der Waals surface area (Å²) in [5, 5.41) is 141. The number of aromatic nitrogens is 6. The normalized spacial score (nSPS) is 27.0. The van der Waals surface area contributed by atoms with Gasteiger partial charge in [-0.15, -0.1) is 22.7 Å². The van der Waals surface area contributed by atoms with Gasteiger partial charge in [0.15, 0.2) is 54.3 Å². The van der Waals surface area contributed by atoms with Gasteiger partial charge in [0.05, 0.1) is 125 Å². The number of aromatic hydroxyl groups is 1. The number of phenols is 1. The number of carbonyl (C=O) groups is 9. The molecule has 59 heteroatoms. The third kappa shape index (κ3) is 28.5. The number of halogens is 2. The Morgan fingerprint density at radius 2 is 1.38 bits per heavy atom. The van der Waals surface area contributed by atoms with Crippen molar-refractivity contribution in [3.8, 4) is 39.4 Å². The van der Waals surface area contributed by atoms with Gasteiger partial charge in [-0.05, 0) is 79.5 Å². The van der Waals surface area contributed by atoms with Crippen LogP contribution in [0.3, 0.4) is 0 Å². The van der Waals surface area contributed by atoms with Crippen LogP contribution in [-0.4, -0.2) is 360 Å². The minimum absolute atomic E-state index is 0. The molecule has 32 N–H and O–H groups in total. The predicted molar refractivity (Wildman–Crippen MR) is 499 cm³/mol. The van der Waals surface area contributed by atoms with Gasteiger partial charge in [-0.25, -0.2) is 29.7 Å². The Hall–Kier alpha value is -9.44. The number of esters is 1. The Morgan fingerprint density at radius 1 is 0.727 bits per heavy atom. The standard InChI is InChI=1S/C55H83N17O21S3.C29H32O13.2ClH.2H2N.Pt/c1-20-33(69-46(72-44(20)58)25(12-31(57)76)64-13-24(56)45(59)82)50(86)71-35(41(26-14-61-19-65-26)91-54-43(39(80)37(78)29(15-73)90-54)92-53-40(81)42(93-55(60)88)38(79)30(16-74)89-53)51(87)66-22(3)36(77)21(2)47(83)70-34(23(4)75)49(85)63-10-8-32-67-28(18-94-32)52-68-27(17-95-52)48(84)62-9-7-11-96(5)6;1-11-36-9-20-27(40-11)24(31)25(32)29(41-20)42-26-14-7-17-16(38-10-39-17)6-13(14)21(22-15(26)8-37-28(22)33)12-4-18(34-2)23(30)19(5-12)35-3;;;;;/h14,17-19,21-25,29-30,34-43,53-54,64,73-75,77-81H,7-13,15-16,56H2,1-6H3,(H13-,57,58,59,60,61,62,63,65,66,69,70,71,72,76,82,83,84,85,86,87,88);4-7,11,15,20-22,24-27,29-32H,8-10H2,1-3H3;2*1H;2*1H2;/q;;;;2*-1;+4/p-1/t21-,22+,23+,24-,25-,29-,30+,34-,35-,36-,37+,38+,39-,40+,41?,42-,43-,53+,54-;11-,15+,20-,21-,22+,24-,25-,26?,27-,29+;;;;;/m01...../s1. The zero-order chi connectivity index (χ0) is 103. The Balaban J connectivity index is 0.000000398. The number of thiazole rings is 2. The number of rotatable bonds is 40. The van der Waals surface area contributed by atoms with Gasteiger partial charge < -0.3 is 200 Å². The number of hydrogen-bond acceptors (Lipinski definition) is 44. The van der Waals surface area contributed by atoms with E-state index in [1.807, 2.05) is 0 Å². The van der Waals surface area contributed by atoms with Crippen molar-refractivity contribution >= 4 is 112 Å². The fraction of sp³-hybridized carbons (Fsp3) is 0.595. The summed E-state index contributed by atoms with van der Waals surface area (Å²) in [5.74, 6) is -8.71. The van der Waals surface area contributed by atoms with Crippen molar-refractivity contribution in [2.75, 3.05) is 91.1 Å². The maximum Gasteiger partial charge on any atom is -0.693 e. The maximum atomic E-state index is 15.2. The van der Waals surface area contributed by atoms with E-state index in [0.29, 0.717) is 50.4 Å². The van der Waals surface area contributed by atoms with Crippen LogP contribution >= 0.6 is 41.5 Å². The summed E-state index contributed by atoms with van der Waals surface area (Å²) < 4.78 is 80.3. The summed E-state index contributed by atoms with van der Waals surface area (Å²) in [6.45, 7) is 5.10. The largest absolute Gasteiger partial charge is 0.693 e. The second-order valence-corrected chi connectivity index (χ2v) is 41.3. The first-order chi connectivity index (χ1) is 67.0. The number of nitrogens with zero attached hydrogens (tertiary/aromatic N) is 5. The number of benzene rings is 2. The molecule has 1 aliphatic carbocycles. The molecule has 5 saturated heterocycles. The minimum Gasteiger partial charge on any atom is -0.693 e. The number of aromatic amines is 1. The molecule has 796 valence electrons. The minimum atomic E-state index is -2.20. The van der Waals surface area contributed by atoms with Gasteiger partial charge in [0.25, 0.3) is 11.8 Å². The summed E-state index contributed by atoms with van der Waals surface area (Å²) in [6.07, 6.45) is -26.8. The van der Waals surface area contributed by atoms with Crippen LogP contribution in [0.4, 0.5) is 10.6 Å². The molecule has 8 amide bonds.